The Bertz CT molecular complexity index is 219. The Hall–Kier alpha value is -0.835. The predicted octanol–water partition coefficient (Wildman–Crippen LogP) is -0.614. The summed E-state index contributed by atoms with van der Waals surface area (Å²) in [6.07, 6.45) is 0. The van der Waals surface area contributed by atoms with Crippen molar-refractivity contribution < 1.29 is 10.0 Å². The van der Waals surface area contributed by atoms with E-state index >= 15 is 0 Å². The molecule has 0 saturated carbocycles. The van der Waals surface area contributed by atoms with Gasteiger partial charge >= 0.3 is 7.12 Å². The number of rotatable bonds is 2. The van der Waals surface area contributed by atoms with Crippen molar-refractivity contribution in [1.82, 2.24) is 0 Å². The fourth-order valence-electron chi connectivity index (χ4n) is 0.972. The largest absolute Gasteiger partial charge is 0.488 e. The molecule has 0 saturated heterocycles. The molecule has 0 radical (unpaired) electrons. The Labute approximate surface area is 72.0 Å². The van der Waals surface area contributed by atoms with Gasteiger partial charge in [-0.15, -0.1) is 0 Å². The zero-order valence-corrected chi connectivity index (χ0v) is 6.94. The lowest BCUT2D eigenvalue weighted by atomic mass is 9.80. The predicted molar refractivity (Wildman–Crippen MR) is 48.9 cm³/mol. The highest BCUT2D eigenvalue weighted by molar-refractivity contribution is 6.58. The van der Waals surface area contributed by atoms with Crippen LogP contribution in [-0.4, -0.2) is 17.2 Å². The van der Waals surface area contributed by atoms with Crippen LogP contribution in [0.2, 0.25) is 0 Å². The summed E-state index contributed by atoms with van der Waals surface area (Å²) in [5.74, 6) is 0. The van der Waals surface area contributed by atoms with Crippen LogP contribution in [0.25, 0.3) is 0 Å². The minimum absolute atomic E-state index is 0.0186. The van der Waals surface area contributed by atoms with Crippen LogP contribution in [-0.2, 0) is 0 Å². The lowest BCUT2D eigenvalue weighted by molar-refractivity contribution is 0.426. The van der Waals surface area contributed by atoms with Crippen LogP contribution in [0, 0.1) is 0 Å². The molecule has 0 aliphatic heterocycles. The topological polar surface area (TPSA) is 66.5 Å². The van der Waals surface area contributed by atoms with Gasteiger partial charge < -0.3 is 15.8 Å². The molecular formula is C8H12BNO2. The van der Waals surface area contributed by atoms with E-state index in [2.05, 4.69) is 0 Å². The molecule has 0 amide bonds. The second-order valence-electron chi connectivity index (χ2n) is 2.83. The Morgan fingerprint density at radius 3 is 2.08 bits per heavy atom. The number of hydrogen-bond acceptors (Lipinski definition) is 3. The zero-order valence-electron chi connectivity index (χ0n) is 6.94. The first-order valence-electron chi connectivity index (χ1n) is 3.83. The molecule has 0 aliphatic rings. The van der Waals surface area contributed by atoms with Crippen molar-refractivity contribution in [3.63, 3.8) is 0 Å². The van der Waals surface area contributed by atoms with Crippen LogP contribution in [0.4, 0.5) is 0 Å². The molecule has 1 rings (SSSR count). The number of benzene rings is 1. The molecule has 12 heavy (non-hydrogen) atoms. The molecule has 0 aliphatic carbocycles. The summed E-state index contributed by atoms with van der Waals surface area (Å²) in [7, 11) is -1.40. The van der Waals surface area contributed by atoms with Crippen molar-refractivity contribution >= 4 is 12.6 Å². The number of nitrogens with two attached hydrogens (primary N) is 1. The molecule has 0 bridgehead atoms. The normalized spacial score (nSPS) is 12.7. The highest BCUT2D eigenvalue weighted by atomic mass is 16.4. The molecule has 1 atom stereocenters. The minimum atomic E-state index is -1.40. The van der Waals surface area contributed by atoms with Crippen LogP contribution in [0.15, 0.2) is 24.3 Å². The first-order chi connectivity index (χ1) is 5.61. The van der Waals surface area contributed by atoms with Crippen LogP contribution < -0.4 is 11.2 Å². The standard InChI is InChI=1S/C8H12BNO2/c1-6(10)7-2-4-8(5-3-7)9(11)12/h2-6,11-12H,10H2,1H3. The first kappa shape index (κ1) is 9.25. The molecule has 64 valence electrons. The third-order valence-corrected chi connectivity index (χ3v) is 1.76. The lowest BCUT2D eigenvalue weighted by Gasteiger charge is -2.05. The van der Waals surface area contributed by atoms with Gasteiger partial charge in [0.1, 0.15) is 0 Å². The van der Waals surface area contributed by atoms with Gasteiger partial charge in [-0.25, -0.2) is 0 Å². The average Bonchev–Trinajstić information content (AvgIpc) is 2.04. The van der Waals surface area contributed by atoms with Gasteiger partial charge in [0.2, 0.25) is 0 Å². The summed E-state index contributed by atoms with van der Waals surface area (Å²) < 4.78 is 0. The molecule has 4 heteroatoms. The molecule has 1 aromatic rings. The summed E-state index contributed by atoms with van der Waals surface area (Å²) in [6.45, 7) is 1.88. The second kappa shape index (κ2) is 3.71. The molecule has 4 N–H and O–H groups in total. The van der Waals surface area contributed by atoms with Crippen molar-refractivity contribution in [2.24, 2.45) is 5.73 Å². The van der Waals surface area contributed by atoms with Gasteiger partial charge in [-0.3, -0.25) is 0 Å². The Kier molecular flexibility index (Phi) is 2.86. The molecule has 1 unspecified atom stereocenters. The highest BCUT2D eigenvalue weighted by Crippen LogP contribution is 2.06. The van der Waals surface area contributed by atoms with E-state index in [0.717, 1.165) is 5.56 Å². The van der Waals surface area contributed by atoms with Crippen LogP contribution in [0.1, 0.15) is 18.5 Å². The SMILES string of the molecule is CC(N)c1ccc(B(O)O)cc1. The maximum atomic E-state index is 8.78. The highest BCUT2D eigenvalue weighted by Gasteiger charge is 2.09. The van der Waals surface area contributed by atoms with E-state index in [1.165, 1.54) is 0 Å². The molecule has 0 fully saturated rings. The fraction of sp³-hybridized carbons (Fsp3) is 0.250. The summed E-state index contributed by atoms with van der Waals surface area (Å²) >= 11 is 0. The van der Waals surface area contributed by atoms with E-state index in [-0.39, 0.29) is 6.04 Å². The van der Waals surface area contributed by atoms with Crippen LogP contribution in [0.5, 0.6) is 0 Å². The van der Waals surface area contributed by atoms with Crippen molar-refractivity contribution in [3.8, 4) is 0 Å². The van der Waals surface area contributed by atoms with E-state index in [0.29, 0.717) is 5.46 Å². The Balaban J connectivity index is 2.86. The quantitative estimate of drug-likeness (QED) is 0.512. The minimum Gasteiger partial charge on any atom is -0.423 e. The monoisotopic (exact) mass is 165 g/mol. The Morgan fingerprint density at radius 2 is 1.75 bits per heavy atom. The van der Waals surface area contributed by atoms with E-state index in [1.54, 1.807) is 24.3 Å². The van der Waals surface area contributed by atoms with E-state index in [4.69, 9.17) is 15.8 Å². The fourth-order valence-corrected chi connectivity index (χ4v) is 0.972. The smallest absolute Gasteiger partial charge is 0.423 e. The van der Waals surface area contributed by atoms with Gasteiger partial charge in [-0.05, 0) is 17.9 Å². The second-order valence-corrected chi connectivity index (χ2v) is 2.83. The molecule has 0 spiro atoms. The van der Waals surface area contributed by atoms with Crippen LogP contribution >= 0.6 is 0 Å². The lowest BCUT2D eigenvalue weighted by Crippen LogP contribution is -2.29. The van der Waals surface area contributed by atoms with Crippen molar-refractivity contribution in [3.05, 3.63) is 29.8 Å². The molecule has 0 heterocycles. The molecular weight excluding hydrogens is 153 g/mol. The Morgan fingerprint density at radius 1 is 1.25 bits per heavy atom. The van der Waals surface area contributed by atoms with Crippen molar-refractivity contribution in [2.45, 2.75) is 13.0 Å². The maximum Gasteiger partial charge on any atom is 0.488 e. The average molecular weight is 165 g/mol. The van der Waals surface area contributed by atoms with Gasteiger partial charge in [0.25, 0.3) is 0 Å². The maximum absolute atomic E-state index is 8.78. The van der Waals surface area contributed by atoms with E-state index in [1.807, 2.05) is 6.92 Å². The van der Waals surface area contributed by atoms with Crippen molar-refractivity contribution in [1.29, 1.82) is 0 Å². The van der Waals surface area contributed by atoms with Gasteiger partial charge in [0.15, 0.2) is 0 Å². The first-order valence-corrected chi connectivity index (χ1v) is 3.83. The third kappa shape index (κ3) is 2.07. The van der Waals surface area contributed by atoms with Gasteiger partial charge in [-0.2, -0.15) is 0 Å². The molecule has 1 aromatic carbocycles. The summed E-state index contributed by atoms with van der Waals surface area (Å²) in [5, 5.41) is 17.6. The molecule has 0 aromatic heterocycles. The van der Waals surface area contributed by atoms with Gasteiger partial charge in [-0.1, -0.05) is 24.3 Å². The zero-order chi connectivity index (χ0) is 9.14. The van der Waals surface area contributed by atoms with Crippen LogP contribution in [0.3, 0.4) is 0 Å². The summed E-state index contributed by atoms with van der Waals surface area (Å²) in [5.41, 5.74) is 7.09. The third-order valence-electron chi connectivity index (χ3n) is 1.76. The molecule has 3 nitrogen and oxygen atoms in total. The summed E-state index contributed by atoms with van der Waals surface area (Å²) in [4.78, 5) is 0. The summed E-state index contributed by atoms with van der Waals surface area (Å²) in [6, 6.07) is 6.88. The number of hydrogen-bond donors (Lipinski definition) is 3. The van der Waals surface area contributed by atoms with Gasteiger partial charge in [0.05, 0.1) is 0 Å². The van der Waals surface area contributed by atoms with E-state index < -0.39 is 7.12 Å². The van der Waals surface area contributed by atoms with Crippen molar-refractivity contribution in [2.75, 3.05) is 0 Å². The van der Waals surface area contributed by atoms with E-state index in [9.17, 15) is 0 Å². The van der Waals surface area contributed by atoms with Gasteiger partial charge in [0, 0.05) is 6.04 Å².